The fourth-order valence-electron chi connectivity index (χ4n) is 1.11. The number of phenols is 1. The van der Waals surface area contributed by atoms with Crippen LogP contribution in [-0.4, -0.2) is 22.7 Å². The monoisotopic (exact) mass is 273 g/mol. The summed E-state index contributed by atoms with van der Waals surface area (Å²) in [6.45, 7) is -1.39. The molecule has 3 nitrogen and oxygen atoms in total. The predicted molar refractivity (Wildman–Crippen MR) is 59.3 cm³/mol. The predicted octanol–water partition coefficient (Wildman–Crippen LogP) is 2.09. The van der Waals surface area contributed by atoms with Gasteiger partial charge in [0.15, 0.2) is 0 Å². The Hall–Kier alpha value is -0.620. The number of halogens is 4. The van der Waals surface area contributed by atoms with Gasteiger partial charge in [0, 0.05) is 5.56 Å². The van der Waals surface area contributed by atoms with Gasteiger partial charge < -0.3 is 15.9 Å². The number of phenolic OH excluding ortho intramolecular Hbond substituents is 1. The lowest BCUT2D eigenvalue weighted by Gasteiger charge is -2.22. The fourth-order valence-corrected chi connectivity index (χ4v) is 1.29. The average Bonchev–Trinajstić information content (AvgIpc) is 2.21. The number of hydrogen-bond donors (Lipinski definition) is 3. The first kappa shape index (κ1) is 15.4. The molecular formula is C9H11Cl2F2NO2. The van der Waals surface area contributed by atoms with Gasteiger partial charge in [-0.3, -0.25) is 0 Å². The molecule has 0 aromatic heterocycles. The van der Waals surface area contributed by atoms with Crippen LogP contribution in [0.15, 0.2) is 18.2 Å². The minimum atomic E-state index is -3.50. The van der Waals surface area contributed by atoms with Crippen molar-refractivity contribution in [1.29, 1.82) is 0 Å². The third-order valence-electron chi connectivity index (χ3n) is 2.02. The Balaban J connectivity index is 0.00000225. The van der Waals surface area contributed by atoms with Crippen molar-refractivity contribution in [3.8, 4) is 5.75 Å². The highest BCUT2D eigenvalue weighted by molar-refractivity contribution is 6.32. The highest BCUT2D eigenvalue weighted by Gasteiger charge is 2.38. The molecule has 1 atom stereocenters. The molecule has 7 heteroatoms. The molecule has 16 heavy (non-hydrogen) atoms. The summed E-state index contributed by atoms with van der Waals surface area (Å²) in [6, 6.07) is 2.19. The van der Waals surface area contributed by atoms with E-state index in [4.69, 9.17) is 22.4 Å². The number of hydrogen-bond acceptors (Lipinski definition) is 3. The topological polar surface area (TPSA) is 66.5 Å². The number of alkyl halides is 2. The van der Waals surface area contributed by atoms with E-state index in [1.807, 2.05) is 0 Å². The molecule has 0 aliphatic heterocycles. The molecule has 92 valence electrons. The molecule has 0 fully saturated rings. The molecule has 0 aliphatic rings. The molecule has 1 rings (SSSR count). The van der Waals surface area contributed by atoms with Gasteiger partial charge in [-0.25, -0.2) is 8.78 Å². The van der Waals surface area contributed by atoms with E-state index in [1.165, 1.54) is 18.2 Å². The lowest BCUT2D eigenvalue weighted by Crippen LogP contribution is -2.36. The quantitative estimate of drug-likeness (QED) is 0.790. The zero-order chi connectivity index (χ0) is 11.6. The van der Waals surface area contributed by atoms with E-state index in [0.717, 1.165) is 0 Å². The zero-order valence-corrected chi connectivity index (χ0v) is 9.60. The van der Waals surface area contributed by atoms with Gasteiger partial charge in [0.1, 0.15) is 18.4 Å². The van der Waals surface area contributed by atoms with Gasteiger partial charge in [0.05, 0.1) is 5.02 Å². The Bertz CT molecular complexity index is 363. The van der Waals surface area contributed by atoms with E-state index in [-0.39, 0.29) is 23.0 Å². The van der Waals surface area contributed by atoms with Crippen LogP contribution in [0.3, 0.4) is 0 Å². The second-order valence-electron chi connectivity index (χ2n) is 3.07. The average molecular weight is 274 g/mol. The van der Waals surface area contributed by atoms with Gasteiger partial charge in [0.25, 0.3) is 5.92 Å². The zero-order valence-electron chi connectivity index (χ0n) is 8.03. The van der Waals surface area contributed by atoms with E-state index < -0.39 is 24.3 Å². The molecular weight excluding hydrogens is 263 g/mol. The molecule has 1 aromatic carbocycles. The van der Waals surface area contributed by atoms with Crippen molar-refractivity contribution in [1.82, 2.24) is 0 Å². The normalized spacial score (nSPS) is 13.1. The maximum Gasteiger partial charge on any atom is 0.289 e. The summed E-state index contributed by atoms with van der Waals surface area (Å²) in [5.41, 5.74) is 5.03. The number of nitrogens with two attached hydrogens (primary N) is 1. The first-order valence-corrected chi connectivity index (χ1v) is 4.49. The van der Waals surface area contributed by atoms with Gasteiger partial charge in [-0.2, -0.15) is 0 Å². The van der Waals surface area contributed by atoms with Crippen LogP contribution in [0.4, 0.5) is 8.78 Å². The molecule has 0 radical (unpaired) electrons. The van der Waals surface area contributed by atoms with Crippen molar-refractivity contribution in [3.05, 3.63) is 28.8 Å². The van der Waals surface area contributed by atoms with Crippen molar-refractivity contribution in [2.45, 2.75) is 12.0 Å². The van der Waals surface area contributed by atoms with E-state index in [0.29, 0.717) is 0 Å². The number of benzene rings is 1. The summed E-state index contributed by atoms with van der Waals surface area (Å²) in [4.78, 5) is 0. The van der Waals surface area contributed by atoms with Gasteiger partial charge in [-0.1, -0.05) is 23.7 Å². The second-order valence-corrected chi connectivity index (χ2v) is 3.48. The van der Waals surface area contributed by atoms with Crippen LogP contribution in [0.2, 0.25) is 5.02 Å². The standard InChI is InChI=1S/C9H10ClF2NO2.ClH/c10-6-3-1-2-5(7(6)15)8(13)9(11,12)4-14;/h1-3,8,14-15H,4,13H2;1H/t8-;/m0./s1. The fraction of sp³-hybridized carbons (Fsp3) is 0.333. The Labute approximate surface area is 102 Å². The van der Waals surface area contributed by atoms with Crippen LogP contribution < -0.4 is 5.73 Å². The Morgan fingerprint density at radius 1 is 1.44 bits per heavy atom. The van der Waals surface area contributed by atoms with E-state index in [1.54, 1.807) is 0 Å². The van der Waals surface area contributed by atoms with Crippen molar-refractivity contribution >= 4 is 24.0 Å². The van der Waals surface area contributed by atoms with Crippen LogP contribution in [0.5, 0.6) is 5.75 Å². The Morgan fingerprint density at radius 3 is 2.50 bits per heavy atom. The summed E-state index contributed by atoms with van der Waals surface area (Å²) >= 11 is 5.54. The largest absolute Gasteiger partial charge is 0.506 e. The third-order valence-corrected chi connectivity index (χ3v) is 2.32. The Kier molecular flexibility index (Phi) is 5.41. The molecule has 4 N–H and O–H groups in total. The summed E-state index contributed by atoms with van der Waals surface area (Å²) in [5.74, 6) is -3.98. The third kappa shape index (κ3) is 2.95. The molecule has 0 saturated heterocycles. The lowest BCUT2D eigenvalue weighted by atomic mass is 10.0. The van der Waals surface area contributed by atoms with Crippen LogP contribution in [0, 0.1) is 0 Å². The molecule has 0 unspecified atom stereocenters. The summed E-state index contributed by atoms with van der Waals surface area (Å²) in [5, 5.41) is 17.8. The highest BCUT2D eigenvalue weighted by Crippen LogP contribution is 2.36. The van der Waals surface area contributed by atoms with Gasteiger partial charge in [-0.05, 0) is 6.07 Å². The molecule has 0 saturated carbocycles. The molecule has 1 aromatic rings. The minimum Gasteiger partial charge on any atom is -0.506 e. The highest BCUT2D eigenvalue weighted by atomic mass is 35.5. The minimum absolute atomic E-state index is 0. The molecule has 0 heterocycles. The summed E-state index contributed by atoms with van der Waals surface area (Å²) < 4.78 is 26.0. The SMILES string of the molecule is Cl.N[C@@H](c1cccc(Cl)c1O)C(F)(F)CO. The van der Waals surface area contributed by atoms with E-state index in [9.17, 15) is 13.9 Å². The van der Waals surface area contributed by atoms with Crippen LogP contribution in [0.1, 0.15) is 11.6 Å². The number of aromatic hydroxyl groups is 1. The number of aliphatic hydroxyl groups is 1. The van der Waals surface area contributed by atoms with Crippen molar-refractivity contribution in [3.63, 3.8) is 0 Å². The van der Waals surface area contributed by atoms with Crippen molar-refractivity contribution < 1.29 is 19.0 Å². The number of rotatable bonds is 3. The van der Waals surface area contributed by atoms with Gasteiger partial charge >= 0.3 is 0 Å². The van der Waals surface area contributed by atoms with Gasteiger partial charge in [-0.15, -0.1) is 12.4 Å². The number of aliphatic hydroxyl groups excluding tert-OH is 1. The second kappa shape index (κ2) is 5.63. The molecule has 0 aliphatic carbocycles. The smallest absolute Gasteiger partial charge is 0.289 e. The van der Waals surface area contributed by atoms with Gasteiger partial charge in [0.2, 0.25) is 0 Å². The van der Waals surface area contributed by atoms with Crippen LogP contribution >= 0.6 is 24.0 Å². The first-order chi connectivity index (χ1) is 6.90. The molecule has 0 spiro atoms. The van der Waals surface area contributed by atoms with Crippen LogP contribution in [0.25, 0.3) is 0 Å². The Morgan fingerprint density at radius 2 is 2.00 bits per heavy atom. The van der Waals surface area contributed by atoms with E-state index >= 15 is 0 Å². The van der Waals surface area contributed by atoms with Crippen LogP contribution in [-0.2, 0) is 0 Å². The van der Waals surface area contributed by atoms with Crippen molar-refractivity contribution in [2.75, 3.05) is 6.61 Å². The van der Waals surface area contributed by atoms with Crippen molar-refractivity contribution in [2.24, 2.45) is 5.73 Å². The molecule has 0 amide bonds. The lowest BCUT2D eigenvalue weighted by molar-refractivity contribution is -0.0715. The summed E-state index contributed by atoms with van der Waals surface area (Å²) in [6.07, 6.45) is 0. The first-order valence-electron chi connectivity index (χ1n) is 4.12. The maximum atomic E-state index is 13.0. The number of para-hydroxylation sites is 1. The summed E-state index contributed by atoms with van der Waals surface area (Å²) in [7, 11) is 0. The maximum absolute atomic E-state index is 13.0. The van der Waals surface area contributed by atoms with E-state index in [2.05, 4.69) is 0 Å². The molecule has 0 bridgehead atoms.